The van der Waals surface area contributed by atoms with Crippen molar-refractivity contribution in [2.24, 2.45) is 5.92 Å². The second kappa shape index (κ2) is 6.24. The van der Waals surface area contributed by atoms with Gasteiger partial charge in [-0.1, -0.05) is 23.2 Å². The van der Waals surface area contributed by atoms with E-state index in [0.717, 1.165) is 0 Å². The van der Waals surface area contributed by atoms with Gasteiger partial charge >= 0.3 is 0 Å². The number of carbonyl (C=O) groups is 2. The molecule has 0 bridgehead atoms. The second-order valence-electron chi connectivity index (χ2n) is 4.83. The summed E-state index contributed by atoms with van der Waals surface area (Å²) in [6.45, 7) is 0.313. The van der Waals surface area contributed by atoms with Crippen LogP contribution in [0, 0.1) is 5.92 Å². The van der Waals surface area contributed by atoms with Gasteiger partial charge in [0.2, 0.25) is 11.8 Å². The number of halogens is 2. The molecule has 3 rings (SSSR count). The summed E-state index contributed by atoms with van der Waals surface area (Å²) >= 11 is 13.2. The molecule has 1 aliphatic heterocycles. The van der Waals surface area contributed by atoms with Gasteiger partial charge in [-0.2, -0.15) is 0 Å². The fourth-order valence-corrected chi connectivity index (χ4v) is 3.10. The first-order valence-corrected chi connectivity index (χ1v) is 8.14. The Bertz CT molecular complexity index is 721. The summed E-state index contributed by atoms with van der Waals surface area (Å²) in [6.07, 6.45) is 1.78. The van der Waals surface area contributed by atoms with Crippen LogP contribution in [-0.2, 0) is 9.59 Å². The molecule has 0 radical (unpaired) electrons. The van der Waals surface area contributed by atoms with Gasteiger partial charge in [-0.3, -0.25) is 9.59 Å². The quantitative estimate of drug-likeness (QED) is 0.916. The molecule has 2 aromatic rings. The third-order valence-corrected chi connectivity index (χ3v) is 4.80. The van der Waals surface area contributed by atoms with Gasteiger partial charge in [0.15, 0.2) is 5.13 Å². The highest BCUT2D eigenvalue weighted by Crippen LogP contribution is 2.31. The number of nitrogens with one attached hydrogen (secondary N) is 1. The van der Waals surface area contributed by atoms with Gasteiger partial charge in [0.1, 0.15) is 0 Å². The van der Waals surface area contributed by atoms with E-state index in [0.29, 0.717) is 27.4 Å². The van der Waals surface area contributed by atoms with E-state index in [1.807, 2.05) is 0 Å². The van der Waals surface area contributed by atoms with E-state index < -0.39 is 5.92 Å². The Morgan fingerprint density at radius 3 is 2.86 bits per heavy atom. The van der Waals surface area contributed by atoms with Gasteiger partial charge in [-0.25, -0.2) is 4.98 Å². The highest BCUT2D eigenvalue weighted by molar-refractivity contribution is 7.13. The second-order valence-corrected chi connectivity index (χ2v) is 6.54. The number of nitrogens with zero attached hydrogens (tertiary/aromatic N) is 2. The highest BCUT2D eigenvalue weighted by atomic mass is 35.5. The first-order chi connectivity index (χ1) is 10.5. The number of amides is 2. The molecule has 0 spiro atoms. The average Bonchev–Trinajstić information content (AvgIpc) is 3.11. The molecule has 1 aromatic carbocycles. The van der Waals surface area contributed by atoms with Crippen LogP contribution < -0.4 is 10.2 Å². The smallest absolute Gasteiger partial charge is 0.231 e. The minimum atomic E-state index is -0.411. The van der Waals surface area contributed by atoms with Crippen LogP contribution in [0.5, 0.6) is 0 Å². The van der Waals surface area contributed by atoms with Gasteiger partial charge in [0, 0.05) is 30.2 Å². The lowest BCUT2D eigenvalue weighted by Crippen LogP contribution is -2.28. The van der Waals surface area contributed by atoms with E-state index in [4.69, 9.17) is 23.2 Å². The van der Waals surface area contributed by atoms with Crippen molar-refractivity contribution in [3.05, 3.63) is 39.8 Å². The first-order valence-electron chi connectivity index (χ1n) is 6.50. The predicted octanol–water partition coefficient (Wildman–Crippen LogP) is 3.44. The lowest BCUT2D eigenvalue weighted by molar-refractivity contribution is -0.122. The maximum atomic E-state index is 12.2. The SMILES string of the molecule is O=C(Nc1nccs1)C1CC(=O)N(c2ccc(Cl)c(Cl)c2)C1. The van der Waals surface area contributed by atoms with E-state index >= 15 is 0 Å². The topological polar surface area (TPSA) is 62.3 Å². The Morgan fingerprint density at radius 1 is 1.36 bits per heavy atom. The number of aromatic nitrogens is 1. The molecule has 2 amide bonds. The molecule has 0 saturated carbocycles. The molecule has 1 aliphatic rings. The Labute approximate surface area is 140 Å². The summed E-state index contributed by atoms with van der Waals surface area (Å²) in [5, 5.41) is 5.83. The van der Waals surface area contributed by atoms with Crippen molar-refractivity contribution in [1.82, 2.24) is 4.98 Å². The molecule has 1 unspecified atom stereocenters. The molecule has 1 N–H and O–H groups in total. The summed E-state index contributed by atoms with van der Waals surface area (Å²) in [4.78, 5) is 29.9. The van der Waals surface area contributed by atoms with Crippen LogP contribution in [0.25, 0.3) is 0 Å². The maximum absolute atomic E-state index is 12.2. The fourth-order valence-electron chi connectivity index (χ4n) is 2.28. The van der Waals surface area contributed by atoms with Crippen LogP contribution in [0.3, 0.4) is 0 Å². The van der Waals surface area contributed by atoms with Crippen molar-refractivity contribution in [1.29, 1.82) is 0 Å². The lowest BCUT2D eigenvalue weighted by Gasteiger charge is -2.17. The Hall–Kier alpha value is -1.63. The number of anilines is 2. The van der Waals surface area contributed by atoms with E-state index in [-0.39, 0.29) is 18.2 Å². The largest absolute Gasteiger partial charge is 0.312 e. The van der Waals surface area contributed by atoms with Gasteiger partial charge < -0.3 is 10.2 Å². The van der Waals surface area contributed by atoms with E-state index in [2.05, 4.69) is 10.3 Å². The van der Waals surface area contributed by atoms with Crippen molar-refractivity contribution in [3.8, 4) is 0 Å². The van der Waals surface area contributed by atoms with Crippen molar-refractivity contribution in [3.63, 3.8) is 0 Å². The molecule has 1 aromatic heterocycles. The molecule has 8 heteroatoms. The minimum absolute atomic E-state index is 0.113. The number of hydrogen-bond acceptors (Lipinski definition) is 4. The monoisotopic (exact) mass is 355 g/mol. The molecule has 1 fully saturated rings. The van der Waals surface area contributed by atoms with Gasteiger partial charge in [-0.05, 0) is 18.2 Å². The summed E-state index contributed by atoms with van der Waals surface area (Å²) in [7, 11) is 0. The van der Waals surface area contributed by atoms with Crippen LogP contribution >= 0.6 is 34.5 Å². The number of hydrogen-bond donors (Lipinski definition) is 1. The van der Waals surface area contributed by atoms with Gasteiger partial charge in [0.25, 0.3) is 0 Å². The zero-order valence-electron chi connectivity index (χ0n) is 11.3. The van der Waals surface area contributed by atoms with Crippen LogP contribution in [0.2, 0.25) is 10.0 Å². The normalized spacial score (nSPS) is 17.8. The molecule has 0 aliphatic carbocycles. The van der Waals surface area contributed by atoms with Crippen molar-refractivity contribution in [2.45, 2.75) is 6.42 Å². The summed E-state index contributed by atoms with van der Waals surface area (Å²) < 4.78 is 0. The van der Waals surface area contributed by atoms with Crippen LogP contribution in [-0.4, -0.2) is 23.3 Å². The molecule has 2 heterocycles. The molecule has 5 nitrogen and oxygen atoms in total. The molecule has 1 saturated heterocycles. The minimum Gasteiger partial charge on any atom is -0.312 e. The van der Waals surface area contributed by atoms with E-state index in [9.17, 15) is 9.59 Å². The molecule has 22 heavy (non-hydrogen) atoms. The van der Waals surface area contributed by atoms with E-state index in [1.165, 1.54) is 11.3 Å². The summed E-state index contributed by atoms with van der Waals surface area (Å²) in [5.74, 6) is -0.727. The molecule has 114 valence electrons. The maximum Gasteiger partial charge on any atom is 0.231 e. The fraction of sp³-hybridized carbons (Fsp3) is 0.214. The first kappa shape index (κ1) is 15.3. The van der Waals surface area contributed by atoms with Gasteiger partial charge in [-0.15, -0.1) is 11.3 Å². The number of benzene rings is 1. The van der Waals surface area contributed by atoms with Gasteiger partial charge in [0.05, 0.1) is 16.0 Å². The van der Waals surface area contributed by atoms with Crippen molar-refractivity contribution < 1.29 is 9.59 Å². The number of rotatable bonds is 3. The Balaban J connectivity index is 1.72. The van der Waals surface area contributed by atoms with Crippen LogP contribution in [0.1, 0.15) is 6.42 Å². The number of thiazole rings is 1. The van der Waals surface area contributed by atoms with Crippen LogP contribution in [0.4, 0.5) is 10.8 Å². The Morgan fingerprint density at radius 2 is 2.18 bits per heavy atom. The molecular formula is C14H11Cl2N3O2S. The molecule has 1 atom stereocenters. The average molecular weight is 356 g/mol. The zero-order valence-corrected chi connectivity index (χ0v) is 13.6. The predicted molar refractivity (Wildman–Crippen MR) is 87.7 cm³/mol. The zero-order chi connectivity index (χ0) is 15.7. The number of carbonyl (C=O) groups excluding carboxylic acids is 2. The standard InChI is InChI=1S/C14H11Cl2N3O2S/c15-10-2-1-9(6-11(10)16)19-7-8(5-12(19)20)13(21)18-14-17-3-4-22-14/h1-4,6,8H,5,7H2,(H,17,18,21). The van der Waals surface area contributed by atoms with Crippen molar-refractivity contribution in [2.75, 3.05) is 16.8 Å². The van der Waals surface area contributed by atoms with Crippen molar-refractivity contribution >= 4 is 57.2 Å². The summed E-state index contributed by atoms with van der Waals surface area (Å²) in [5.41, 5.74) is 0.643. The Kier molecular flexibility index (Phi) is 4.33. The third-order valence-electron chi connectivity index (χ3n) is 3.37. The summed E-state index contributed by atoms with van der Waals surface area (Å²) in [6, 6.07) is 4.98. The highest BCUT2D eigenvalue weighted by Gasteiger charge is 2.35. The third kappa shape index (κ3) is 3.09. The van der Waals surface area contributed by atoms with E-state index in [1.54, 1.807) is 34.7 Å². The van der Waals surface area contributed by atoms with Crippen LogP contribution in [0.15, 0.2) is 29.8 Å². The lowest BCUT2D eigenvalue weighted by atomic mass is 10.1. The molecular weight excluding hydrogens is 345 g/mol.